The molecule has 2 aromatic carbocycles. The number of aromatic amines is 1. The molecule has 23 heteroatoms. The molecule has 0 radical (unpaired) electrons. The number of nitrogens with one attached hydrogen (secondary N) is 6. The second kappa shape index (κ2) is 29.2. The molecule has 0 aliphatic heterocycles. The molecule has 376 valence electrons. The highest BCUT2D eigenvalue weighted by atomic mass is 35.5. The molecule has 0 saturated carbocycles. The highest BCUT2D eigenvalue weighted by Crippen LogP contribution is 2.21. The Hall–Kier alpha value is -5.78. The second-order valence-corrected chi connectivity index (χ2v) is 23.6. The van der Waals surface area contributed by atoms with Gasteiger partial charge >= 0.3 is 6.09 Å². The Kier molecular flexibility index (Phi) is 25.0. The standard InChI is InChI=1S/C28H46N6O6Si.C17H24N6O3.ClH/c1-8-12-21(31-27(38)40-28(2,3)4)24(36)26(37)29-17-22(35)32-23(20-13-10-9-11-14-20)25-33-30-18-34(25)19-39-15-16-41(5,6)7;1-2-6-12(18)15(25)17(26)19-9-13(24)22-14(16-20-10-21-23-16)11-7-4-3-5-8-11;/h9-11,13-14,18,21,23-24,36H,8,12,15-17,19H2,1-7H3,(H,29,37)(H,31,38)(H,32,35);3-5,7-8,10,12,14-15,25H,2,6,9,18H2,1H3,(H,19,26)(H,22,24)(H,20,21,23);1H. The monoisotopic (exact) mass is 986 g/mol. The van der Waals surface area contributed by atoms with Gasteiger partial charge in [-0.3, -0.25) is 28.8 Å². The number of hydrogen-bond donors (Lipinski definition) is 9. The van der Waals surface area contributed by atoms with Gasteiger partial charge in [0.1, 0.15) is 43.2 Å². The molecule has 0 fully saturated rings. The van der Waals surface area contributed by atoms with Crippen molar-refractivity contribution in [3.8, 4) is 0 Å². The van der Waals surface area contributed by atoms with Crippen LogP contribution in [0.5, 0.6) is 0 Å². The third-order valence-electron chi connectivity index (χ3n) is 9.81. The maximum atomic E-state index is 13.0. The molecule has 4 rings (SSSR count). The first-order valence-electron chi connectivity index (χ1n) is 22.4. The van der Waals surface area contributed by atoms with Gasteiger partial charge in [-0.2, -0.15) is 5.10 Å². The van der Waals surface area contributed by atoms with Crippen LogP contribution in [0.2, 0.25) is 25.7 Å². The molecule has 21 nitrogen and oxygen atoms in total. The summed E-state index contributed by atoms with van der Waals surface area (Å²) in [5, 5.41) is 48.4. The van der Waals surface area contributed by atoms with E-state index in [0.29, 0.717) is 37.5 Å². The minimum atomic E-state index is -1.57. The van der Waals surface area contributed by atoms with Crippen LogP contribution in [-0.4, -0.2) is 128 Å². The summed E-state index contributed by atoms with van der Waals surface area (Å²) < 4.78 is 12.8. The highest BCUT2D eigenvalue weighted by molar-refractivity contribution is 6.76. The number of alkyl carbamates (subject to hydrolysis) is 1. The van der Waals surface area contributed by atoms with Crippen LogP contribution in [0.4, 0.5) is 4.79 Å². The van der Waals surface area contributed by atoms with Crippen LogP contribution >= 0.6 is 12.4 Å². The summed E-state index contributed by atoms with van der Waals surface area (Å²) in [6, 6.07) is 16.8. The van der Waals surface area contributed by atoms with Crippen LogP contribution in [0.15, 0.2) is 73.3 Å². The van der Waals surface area contributed by atoms with Crippen LogP contribution in [0.1, 0.15) is 95.2 Å². The third kappa shape index (κ3) is 21.0. The first-order chi connectivity index (χ1) is 31.7. The Morgan fingerprint density at radius 1 is 0.809 bits per heavy atom. The molecule has 2 heterocycles. The van der Waals surface area contributed by atoms with Crippen LogP contribution < -0.4 is 32.3 Å². The second-order valence-electron chi connectivity index (χ2n) is 18.0. The number of hydrogen-bond acceptors (Lipinski definition) is 14. The number of nitrogens with zero attached hydrogens (tertiary/aromatic N) is 5. The fraction of sp³-hybridized carbons (Fsp3) is 0.533. The molecule has 6 unspecified atom stereocenters. The van der Waals surface area contributed by atoms with Crippen molar-refractivity contribution in [3.05, 3.63) is 96.1 Å². The molecule has 0 aliphatic rings. The Balaban J connectivity index is 0.000000506. The molecule has 0 spiro atoms. The van der Waals surface area contributed by atoms with Gasteiger partial charge in [0.15, 0.2) is 17.8 Å². The number of nitrogens with two attached hydrogens (primary N) is 1. The summed E-state index contributed by atoms with van der Waals surface area (Å²) >= 11 is 0. The number of carbonyl (C=O) groups excluding carboxylic acids is 5. The molecular weight excluding hydrogens is 916 g/mol. The fourth-order valence-corrected chi connectivity index (χ4v) is 7.05. The molecule has 0 saturated heterocycles. The van der Waals surface area contributed by atoms with Crippen LogP contribution in [0.3, 0.4) is 0 Å². The number of aliphatic hydroxyl groups excluding tert-OH is 2. The average Bonchev–Trinajstić information content (AvgIpc) is 4.00. The molecular formula is C45H71ClN12O9Si. The van der Waals surface area contributed by atoms with Crippen molar-refractivity contribution >= 4 is 50.2 Å². The smallest absolute Gasteiger partial charge is 0.407 e. The van der Waals surface area contributed by atoms with Gasteiger partial charge in [0.05, 0.1) is 19.1 Å². The lowest BCUT2D eigenvalue weighted by Crippen LogP contribution is -2.52. The molecule has 68 heavy (non-hydrogen) atoms. The van der Waals surface area contributed by atoms with E-state index in [1.54, 1.807) is 31.7 Å². The number of amides is 5. The molecule has 10 N–H and O–H groups in total. The van der Waals surface area contributed by atoms with E-state index in [9.17, 15) is 34.2 Å². The van der Waals surface area contributed by atoms with Crippen molar-refractivity contribution in [2.45, 2.75) is 135 Å². The molecule has 0 aliphatic carbocycles. The number of aromatic nitrogens is 6. The zero-order valence-corrected chi connectivity index (χ0v) is 42.0. The van der Waals surface area contributed by atoms with E-state index in [1.807, 2.05) is 74.5 Å². The number of ether oxygens (including phenoxy) is 2. The molecule has 2 aromatic heterocycles. The normalized spacial score (nSPS) is 13.9. The zero-order chi connectivity index (χ0) is 49.6. The Labute approximate surface area is 405 Å². The minimum absolute atomic E-state index is 0. The predicted molar refractivity (Wildman–Crippen MR) is 260 cm³/mol. The van der Waals surface area contributed by atoms with E-state index >= 15 is 0 Å². The first-order valence-corrected chi connectivity index (χ1v) is 26.1. The van der Waals surface area contributed by atoms with Gasteiger partial charge in [0.2, 0.25) is 11.8 Å². The summed E-state index contributed by atoms with van der Waals surface area (Å²) in [7, 11) is -1.25. The first kappa shape index (κ1) is 58.3. The van der Waals surface area contributed by atoms with Crippen molar-refractivity contribution in [2.24, 2.45) is 5.73 Å². The minimum Gasteiger partial charge on any atom is -0.444 e. The van der Waals surface area contributed by atoms with Crippen LogP contribution in [-0.2, 0) is 35.4 Å². The lowest BCUT2D eigenvalue weighted by Gasteiger charge is -2.26. The van der Waals surface area contributed by atoms with E-state index in [1.165, 1.54) is 6.33 Å². The summed E-state index contributed by atoms with van der Waals surface area (Å²) in [5.41, 5.74) is 6.58. The number of aliphatic hydroxyl groups is 2. The summed E-state index contributed by atoms with van der Waals surface area (Å²) in [5.74, 6) is -1.43. The Morgan fingerprint density at radius 3 is 1.87 bits per heavy atom. The third-order valence-corrected chi connectivity index (χ3v) is 11.5. The van der Waals surface area contributed by atoms with Gasteiger partial charge in [-0.15, -0.1) is 22.6 Å². The Bertz CT molecular complexity index is 2110. The SMILES string of the molecule is CCCC(N)C(O)C(=O)NCC(=O)NC(c1ccccc1)c1ncn[nH]1.CCCC(NC(=O)OC(C)(C)C)C(O)C(=O)NCC(=O)NC(c1ccccc1)c1nncn1COCC[Si](C)(C)C.Cl. The van der Waals surface area contributed by atoms with Crippen molar-refractivity contribution in [3.63, 3.8) is 0 Å². The maximum Gasteiger partial charge on any atom is 0.407 e. The van der Waals surface area contributed by atoms with Crippen molar-refractivity contribution in [1.82, 2.24) is 56.5 Å². The number of rotatable bonds is 24. The average molecular weight is 988 g/mol. The summed E-state index contributed by atoms with van der Waals surface area (Å²) in [4.78, 5) is 66.1. The van der Waals surface area contributed by atoms with Crippen LogP contribution in [0, 0.1) is 0 Å². The van der Waals surface area contributed by atoms with E-state index in [2.05, 4.69) is 71.6 Å². The fourth-order valence-electron chi connectivity index (χ4n) is 6.29. The van der Waals surface area contributed by atoms with E-state index in [4.69, 9.17) is 15.2 Å². The van der Waals surface area contributed by atoms with Gasteiger partial charge < -0.3 is 52.0 Å². The van der Waals surface area contributed by atoms with Gasteiger partial charge in [-0.25, -0.2) is 9.78 Å². The number of benzene rings is 2. The quantitative estimate of drug-likeness (QED) is 0.0360. The van der Waals surface area contributed by atoms with Crippen molar-refractivity contribution in [1.29, 1.82) is 0 Å². The number of halogens is 1. The lowest BCUT2D eigenvalue weighted by atomic mass is 10.1. The maximum absolute atomic E-state index is 13.0. The number of H-pyrrole nitrogens is 1. The molecule has 5 amide bonds. The van der Waals surface area contributed by atoms with Crippen molar-refractivity contribution in [2.75, 3.05) is 19.7 Å². The van der Waals surface area contributed by atoms with Gasteiger partial charge in [-0.1, -0.05) is 107 Å². The Morgan fingerprint density at radius 2 is 1.35 bits per heavy atom. The van der Waals surface area contributed by atoms with Crippen molar-refractivity contribution < 1.29 is 43.7 Å². The largest absolute Gasteiger partial charge is 0.444 e. The number of carbonyl (C=O) groups is 5. The van der Waals surface area contributed by atoms with Gasteiger partial charge in [0, 0.05) is 20.7 Å². The summed E-state index contributed by atoms with van der Waals surface area (Å²) in [6.45, 7) is 15.9. The zero-order valence-electron chi connectivity index (χ0n) is 40.2. The van der Waals surface area contributed by atoms with Gasteiger partial charge in [0.25, 0.3) is 11.8 Å². The topological polar surface area (TPSA) is 303 Å². The van der Waals surface area contributed by atoms with E-state index in [-0.39, 0.29) is 25.7 Å². The van der Waals surface area contributed by atoms with Crippen LogP contribution in [0.25, 0.3) is 0 Å². The molecule has 0 bridgehead atoms. The lowest BCUT2D eigenvalue weighted by molar-refractivity contribution is -0.133. The van der Waals surface area contributed by atoms with E-state index in [0.717, 1.165) is 23.6 Å². The predicted octanol–water partition coefficient (Wildman–Crippen LogP) is 3.00. The highest BCUT2D eigenvalue weighted by Gasteiger charge is 2.30. The molecule has 6 atom stereocenters. The summed E-state index contributed by atoms with van der Waals surface area (Å²) in [6.07, 6.45) is 1.46. The molecule has 4 aromatic rings. The van der Waals surface area contributed by atoms with Gasteiger partial charge in [-0.05, 0) is 50.8 Å². The van der Waals surface area contributed by atoms with E-state index < -0.39 is 86.3 Å².